The molecule has 1 heterocycles. The van der Waals surface area contributed by atoms with Gasteiger partial charge in [-0.1, -0.05) is 24.3 Å². The molecular weight excluding hydrogens is 242 g/mol. The van der Waals surface area contributed by atoms with Crippen LogP contribution in [0.25, 0.3) is 6.08 Å². The predicted octanol–water partition coefficient (Wildman–Crippen LogP) is 3.43. The van der Waals surface area contributed by atoms with E-state index in [4.69, 9.17) is 9.47 Å². The average molecular weight is 261 g/mol. The molecule has 1 atom stereocenters. The van der Waals surface area contributed by atoms with Crippen LogP contribution in [-0.4, -0.2) is 25.0 Å². The maximum atomic E-state index is 12.1. The lowest BCUT2D eigenvalue weighted by Crippen LogP contribution is -2.44. The van der Waals surface area contributed by atoms with E-state index >= 15 is 0 Å². The Hall–Kier alpha value is -1.81. The van der Waals surface area contributed by atoms with E-state index in [1.165, 1.54) is 0 Å². The summed E-state index contributed by atoms with van der Waals surface area (Å²) in [6, 6.07) is 7.70. The highest BCUT2D eigenvalue weighted by Crippen LogP contribution is 2.30. The van der Waals surface area contributed by atoms with Crippen molar-refractivity contribution < 1.29 is 14.3 Å². The maximum Gasteiger partial charge on any atom is 0.416 e. The summed E-state index contributed by atoms with van der Waals surface area (Å²) in [5.74, 6) is 0. The smallest absolute Gasteiger partial charge is 0.416 e. The van der Waals surface area contributed by atoms with Crippen LogP contribution in [-0.2, 0) is 9.47 Å². The molecule has 1 aromatic carbocycles. The number of carbonyl (C=O) groups is 1. The number of ether oxygens (including phenoxy) is 2. The zero-order valence-corrected chi connectivity index (χ0v) is 11.5. The number of carbonyl (C=O) groups excluding carboxylic acids is 1. The molecular formula is C15H19NO3. The van der Waals surface area contributed by atoms with E-state index in [-0.39, 0.29) is 12.2 Å². The van der Waals surface area contributed by atoms with Gasteiger partial charge in [-0.2, -0.15) is 0 Å². The van der Waals surface area contributed by atoms with Crippen LogP contribution in [0.4, 0.5) is 10.5 Å². The quantitative estimate of drug-likeness (QED) is 0.836. The van der Waals surface area contributed by atoms with Crippen LogP contribution >= 0.6 is 0 Å². The second-order valence-electron chi connectivity index (χ2n) is 4.56. The number of fused-ring (bicyclic) bond motifs is 1. The van der Waals surface area contributed by atoms with E-state index in [1.54, 1.807) is 11.8 Å². The van der Waals surface area contributed by atoms with Gasteiger partial charge in [0.25, 0.3) is 0 Å². The molecule has 2 rings (SSSR count). The SMILES string of the molecule is CCOC(=O)N1c2ccccc2C=CC1OC(C)C. The minimum Gasteiger partial charge on any atom is -0.449 e. The zero-order chi connectivity index (χ0) is 13.8. The number of rotatable bonds is 3. The Balaban J connectivity index is 2.34. The van der Waals surface area contributed by atoms with Crippen molar-refractivity contribution in [2.45, 2.75) is 33.1 Å². The monoisotopic (exact) mass is 261 g/mol. The third kappa shape index (κ3) is 2.96. The molecule has 4 heteroatoms. The molecule has 0 N–H and O–H groups in total. The summed E-state index contributed by atoms with van der Waals surface area (Å²) in [7, 11) is 0. The van der Waals surface area contributed by atoms with Crippen LogP contribution in [0.15, 0.2) is 30.3 Å². The fourth-order valence-corrected chi connectivity index (χ4v) is 2.04. The van der Waals surface area contributed by atoms with Crippen molar-refractivity contribution in [1.29, 1.82) is 0 Å². The number of para-hydroxylation sites is 1. The molecule has 1 aromatic rings. The van der Waals surface area contributed by atoms with E-state index in [0.717, 1.165) is 11.3 Å². The topological polar surface area (TPSA) is 38.8 Å². The molecule has 0 radical (unpaired) electrons. The number of nitrogens with zero attached hydrogens (tertiary/aromatic N) is 1. The summed E-state index contributed by atoms with van der Waals surface area (Å²) in [6.07, 6.45) is 3.06. The zero-order valence-electron chi connectivity index (χ0n) is 11.5. The molecule has 0 saturated carbocycles. The number of benzene rings is 1. The van der Waals surface area contributed by atoms with Gasteiger partial charge in [-0.05, 0) is 38.5 Å². The van der Waals surface area contributed by atoms with Crippen LogP contribution in [0.3, 0.4) is 0 Å². The highest BCUT2D eigenvalue weighted by atomic mass is 16.6. The van der Waals surface area contributed by atoms with E-state index in [0.29, 0.717) is 6.61 Å². The molecule has 0 saturated heterocycles. The van der Waals surface area contributed by atoms with Gasteiger partial charge in [0.05, 0.1) is 18.4 Å². The molecule has 0 spiro atoms. The molecule has 0 fully saturated rings. The van der Waals surface area contributed by atoms with Crippen molar-refractivity contribution in [2.24, 2.45) is 0 Å². The fourth-order valence-electron chi connectivity index (χ4n) is 2.04. The molecule has 0 aliphatic carbocycles. The van der Waals surface area contributed by atoms with Crippen LogP contribution in [0.1, 0.15) is 26.3 Å². The van der Waals surface area contributed by atoms with Crippen LogP contribution in [0.5, 0.6) is 0 Å². The second kappa shape index (κ2) is 5.89. The van der Waals surface area contributed by atoms with Crippen molar-refractivity contribution in [2.75, 3.05) is 11.5 Å². The van der Waals surface area contributed by atoms with E-state index in [1.807, 2.05) is 50.3 Å². The van der Waals surface area contributed by atoms with Gasteiger partial charge in [-0.3, -0.25) is 0 Å². The average Bonchev–Trinajstić information content (AvgIpc) is 2.38. The molecule has 0 aromatic heterocycles. The van der Waals surface area contributed by atoms with E-state index in [9.17, 15) is 4.79 Å². The van der Waals surface area contributed by atoms with Gasteiger partial charge < -0.3 is 9.47 Å². The van der Waals surface area contributed by atoms with E-state index in [2.05, 4.69) is 0 Å². The molecule has 1 aliphatic heterocycles. The lowest BCUT2D eigenvalue weighted by atomic mass is 10.1. The van der Waals surface area contributed by atoms with Gasteiger partial charge in [0.2, 0.25) is 0 Å². The van der Waals surface area contributed by atoms with Crippen LogP contribution < -0.4 is 4.90 Å². The van der Waals surface area contributed by atoms with Crippen LogP contribution in [0, 0.1) is 0 Å². The standard InChI is InChI=1S/C15H19NO3/c1-4-18-15(17)16-13-8-6-5-7-12(13)9-10-14(16)19-11(2)3/h5-11,14H,4H2,1-3H3. The highest BCUT2D eigenvalue weighted by Gasteiger charge is 2.30. The first-order valence-corrected chi connectivity index (χ1v) is 6.52. The Labute approximate surface area is 113 Å². The summed E-state index contributed by atoms with van der Waals surface area (Å²) in [6.45, 7) is 6.02. The third-order valence-corrected chi connectivity index (χ3v) is 2.77. The molecule has 19 heavy (non-hydrogen) atoms. The molecule has 1 aliphatic rings. The van der Waals surface area contributed by atoms with E-state index < -0.39 is 6.23 Å². The molecule has 1 amide bonds. The van der Waals surface area contributed by atoms with Gasteiger partial charge in [-0.25, -0.2) is 9.69 Å². The Kier molecular flexibility index (Phi) is 4.22. The Morgan fingerprint density at radius 2 is 2.11 bits per heavy atom. The van der Waals surface area contributed by atoms with Crippen molar-refractivity contribution in [3.63, 3.8) is 0 Å². The summed E-state index contributed by atoms with van der Waals surface area (Å²) >= 11 is 0. The van der Waals surface area contributed by atoms with Gasteiger partial charge in [0.1, 0.15) is 0 Å². The number of hydrogen-bond donors (Lipinski definition) is 0. The number of anilines is 1. The van der Waals surface area contributed by atoms with Crippen molar-refractivity contribution in [3.05, 3.63) is 35.9 Å². The first-order chi connectivity index (χ1) is 9.13. The van der Waals surface area contributed by atoms with Crippen molar-refractivity contribution >= 4 is 17.9 Å². The first kappa shape index (κ1) is 13.6. The summed E-state index contributed by atoms with van der Waals surface area (Å²) < 4.78 is 10.9. The lowest BCUT2D eigenvalue weighted by molar-refractivity contribution is 0.0315. The molecule has 1 unspecified atom stereocenters. The molecule has 4 nitrogen and oxygen atoms in total. The Morgan fingerprint density at radius 1 is 1.37 bits per heavy atom. The van der Waals surface area contributed by atoms with Crippen molar-refractivity contribution in [1.82, 2.24) is 0 Å². The van der Waals surface area contributed by atoms with Gasteiger partial charge >= 0.3 is 6.09 Å². The Morgan fingerprint density at radius 3 is 2.79 bits per heavy atom. The van der Waals surface area contributed by atoms with Crippen LogP contribution in [0.2, 0.25) is 0 Å². The molecule has 0 bridgehead atoms. The minimum absolute atomic E-state index is 0.0249. The summed E-state index contributed by atoms with van der Waals surface area (Å²) in [5, 5.41) is 0. The maximum absolute atomic E-state index is 12.1. The predicted molar refractivity (Wildman–Crippen MR) is 75.0 cm³/mol. The number of hydrogen-bond acceptors (Lipinski definition) is 3. The Bertz CT molecular complexity index is 482. The normalized spacial score (nSPS) is 17.5. The van der Waals surface area contributed by atoms with Gasteiger partial charge in [-0.15, -0.1) is 0 Å². The van der Waals surface area contributed by atoms with Gasteiger partial charge in [0.15, 0.2) is 6.23 Å². The summed E-state index contributed by atoms with van der Waals surface area (Å²) in [5.41, 5.74) is 1.80. The minimum atomic E-state index is -0.422. The first-order valence-electron chi connectivity index (χ1n) is 6.52. The fraction of sp³-hybridized carbons (Fsp3) is 0.400. The van der Waals surface area contributed by atoms with Gasteiger partial charge in [0, 0.05) is 0 Å². The highest BCUT2D eigenvalue weighted by molar-refractivity contribution is 5.93. The summed E-state index contributed by atoms with van der Waals surface area (Å²) in [4.78, 5) is 13.7. The molecule has 102 valence electrons. The lowest BCUT2D eigenvalue weighted by Gasteiger charge is -2.33. The van der Waals surface area contributed by atoms with Crippen molar-refractivity contribution in [3.8, 4) is 0 Å². The largest absolute Gasteiger partial charge is 0.449 e. The third-order valence-electron chi connectivity index (χ3n) is 2.77. The second-order valence-corrected chi connectivity index (χ2v) is 4.56. The number of amides is 1.